The molecule has 15 heavy (non-hydrogen) atoms. The monoisotopic (exact) mass is 207 g/mol. The maximum Gasteiger partial charge on any atom is 0.0728 e. The van der Waals surface area contributed by atoms with Crippen molar-refractivity contribution in [3.63, 3.8) is 0 Å². The van der Waals surface area contributed by atoms with Crippen LogP contribution in [0.25, 0.3) is 0 Å². The summed E-state index contributed by atoms with van der Waals surface area (Å²) in [5.41, 5.74) is 4.27. The Labute approximate surface area is 91.9 Å². The SMILES string of the molecule is CNC1CCc2c1c(C(C)(C)C)nn2C. The van der Waals surface area contributed by atoms with E-state index in [1.165, 1.54) is 23.4 Å². The summed E-state index contributed by atoms with van der Waals surface area (Å²) >= 11 is 0. The van der Waals surface area contributed by atoms with Crippen LogP contribution in [0.15, 0.2) is 0 Å². The molecule has 84 valence electrons. The quantitative estimate of drug-likeness (QED) is 0.762. The number of nitrogens with one attached hydrogen (secondary N) is 1. The Kier molecular flexibility index (Phi) is 2.38. The van der Waals surface area contributed by atoms with E-state index in [0.717, 1.165) is 6.42 Å². The van der Waals surface area contributed by atoms with Crippen LogP contribution in [0.4, 0.5) is 0 Å². The van der Waals surface area contributed by atoms with Gasteiger partial charge < -0.3 is 5.32 Å². The summed E-state index contributed by atoms with van der Waals surface area (Å²) in [7, 11) is 4.10. The minimum Gasteiger partial charge on any atom is -0.313 e. The van der Waals surface area contributed by atoms with E-state index >= 15 is 0 Å². The van der Waals surface area contributed by atoms with Gasteiger partial charge in [-0.25, -0.2) is 0 Å². The Morgan fingerprint density at radius 3 is 2.60 bits per heavy atom. The lowest BCUT2D eigenvalue weighted by molar-refractivity contribution is 0.514. The molecule has 3 heteroatoms. The summed E-state index contributed by atoms with van der Waals surface area (Å²) in [6.07, 6.45) is 2.36. The third-order valence-corrected chi connectivity index (χ3v) is 3.28. The van der Waals surface area contributed by atoms with E-state index in [2.05, 4.69) is 42.9 Å². The zero-order valence-electron chi connectivity index (χ0n) is 10.4. The van der Waals surface area contributed by atoms with Crippen molar-refractivity contribution in [3.05, 3.63) is 17.0 Å². The lowest BCUT2D eigenvalue weighted by Gasteiger charge is -2.20. The molecule has 1 atom stereocenters. The van der Waals surface area contributed by atoms with Crippen LogP contribution >= 0.6 is 0 Å². The average molecular weight is 207 g/mol. The van der Waals surface area contributed by atoms with Crippen molar-refractivity contribution < 1.29 is 0 Å². The first kappa shape index (κ1) is 10.7. The summed E-state index contributed by atoms with van der Waals surface area (Å²) in [5, 5.41) is 8.07. The molecule has 0 aliphatic heterocycles. The third-order valence-electron chi connectivity index (χ3n) is 3.28. The van der Waals surface area contributed by atoms with Crippen LogP contribution < -0.4 is 5.32 Å². The highest BCUT2D eigenvalue weighted by Gasteiger charge is 2.33. The van der Waals surface area contributed by atoms with Gasteiger partial charge in [-0.3, -0.25) is 4.68 Å². The Bertz CT molecular complexity index is 371. The number of nitrogens with zero attached hydrogens (tertiary/aromatic N) is 2. The van der Waals surface area contributed by atoms with Gasteiger partial charge in [-0.15, -0.1) is 0 Å². The number of hydrogen-bond acceptors (Lipinski definition) is 2. The van der Waals surface area contributed by atoms with E-state index in [1.807, 2.05) is 7.05 Å². The van der Waals surface area contributed by atoms with Crippen LogP contribution in [0.1, 0.15) is 50.2 Å². The maximum atomic E-state index is 4.68. The van der Waals surface area contributed by atoms with E-state index in [1.54, 1.807) is 0 Å². The van der Waals surface area contributed by atoms with Gasteiger partial charge in [0.05, 0.1) is 5.69 Å². The molecule has 1 aromatic heterocycles. The fraction of sp³-hybridized carbons (Fsp3) is 0.750. The Balaban J connectivity index is 2.54. The molecule has 0 fully saturated rings. The van der Waals surface area contributed by atoms with E-state index in [0.29, 0.717) is 6.04 Å². The van der Waals surface area contributed by atoms with Gasteiger partial charge in [-0.1, -0.05) is 20.8 Å². The van der Waals surface area contributed by atoms with E-state index in [4.69, 9.17) is 0 Å². The normalized spacial score (nSPS) is 20.7. The Morgan fingerprint density at radius 1 is 1.40 bits per heavy atom. The Morgan fingerprint density at radius 2 is 2.07 bits per heavy atom. The molecule has 1 N–H and O–H groups in total. The van der Waals surface area contributed by atoms with E-state index in [-0.39, 0.29) is 5.41 Å². The predicted molar refractivity (Wildman–Crippen MR) is 62.0 cm³/mol. The van der Waals surface area contributed by atoms with Crippen molar-refractivity contribution in [1.29, 1.82) is 0 Å². The maximum absolute atomic E-state index is 4.68. The minimum absolute atomic E-state index is 0.144. The topological polar surface area (TPSA) is 29.9 Å². The molecule has 0 radical (unpaired) electrons. The molecule has 1 unspecified atom stereocenters. The first-order valence-corrected chi connectivity index (χ1v) is 5.68. The average Bonchev–Trinajstić information content (AvgIpc) is 2.65. The van der Waals surface area contributed by atoms with Crippen molar-refractivity contribution in [2.75, 3.05) is 7.05 Å². The summed E-state index contributed by atoms with van der Waals surface area (Å²) in [5.74, 6) is 0. The van der Waals surface area contributed by atoms with Gasteiger partial charge in [-0.05, 0) is 19.9 Å². The van der Waals surface area contributed by atoms with Crippen LogP contribution in [-0.4, -0.2) is 16.8 Å². The second-order valence-corrected chi connectivity index (χ2v) is 5.46. The fourth-order valence-corrected chi connectivity index (χ4v) is 2.51. The number of aryl methyl sites for hydroxylation is 1. The van der Waals surface area contributed by atoms with Gasteiger partial charge in [0, 0.05) is 29.8 Å². The molecule has 1 heterocycles. The van der Waals surface area contributed by atoms with Gasteiger partial charge in [0.25, 0.3) is 0 Å². The van der Waals surface area contributed by atoms with Crippen LogP contribution in [-0.2, 0) is 18.9 Å². The predicted octanol–water partition coefficient (Wildman–Crippen LogP) is 1.92. The number of aromatic nitrogens is 2. The number of fused-ring (bicyclic) bond motifs is 1. The van der Waals surface area contributed by atoms with Crippen LogP contribution in [0, 0.1) is 0 Å². The molecule has 0 saturated carbocycles. The van der Waals surface area contributed by atoms with Gasteiger partial charge in [-0.2, -0.15) is 5.10 Å². The van der Waals surface area contributed by atoms with Gasteiger partial charge >= 0.3 is 0 Å². The molecule has 2 rings (SSSR count). The standard InChI is InChI=1S/C12H21N3/c1-12(2,3)11-10-8(13-4)6-7-9(10)15(5)14-11/h8,13H,6-7H2,1-5H3. The molecule has 0 spiro atoms. The molecule has 0 bridgehead atoms. The summed E-state index contributed by atoms with van der Waals surface area (Å²) in [6.45, 7) is 6.71. The second kappa shape index (κ2) is 3.34. The van der Waals surface area contributed by atoms with E-state index in [9.17, 15) is 0 Å². The Hall–Kier alpha value is -0.830. The highest BCUT2D eigenvalue weighted by atomic mass is 15.3. The minimum atomic E-state index is 0.144. The first-order chi connectivity index (χ1) is 6.95. The molecular weight excluding hydrogens is 186 g/mol. The van der Waals surface area contributed by atoms with Gasteiger partial charge in [0.2, 0.25) is 0 Å². The summed E-state index contributed by atoms with van der Waals surface area (Å²) in [6, 6.07) is 0.503. The molecule has 0 amide bonds. The fourth-order valence-electron chi connectivity index (χ4n) is 2.51. The number of rotatable bonds is 1. The lowest BCUT2D eigenvalue weighted by Crippen LogP contribution is -2.20. The summed E-state index contributed by atoms with van der Waals surface area (Å²) in [4.78, 5) is 0. The van der Waals surface area contributed by atoms with Crippen LogP contribution in [0.2, 0.25) is 0 Å². The zero-order chi connectivity index (χ0) is 11.2. The molecule has 1 aliphatic rings. The molecule has 1 aromatic rings. The highest BCUT2D eigenvalue weighted by Crippen LogP contribution is 2.38. The highest BCUT2D eigenvalue weighted by molar-refractivity contribution is 5.37. The van der Waals surface area contributed by atoms with Gasteiger partial charge in [0.1, 0.15) is 0 Å². The smallest absolute Gasteiger partial charge is 0.0728 e. The van der Waals surface area contributed by atoms with Crippen LogP contribution in [0.5, 0.6) is 0 Å². The van der Waals surface area contributed by atoms with Gasteiger partial charge in [0.15, 0.2) is 0 Å². The van der Waals surface area contributed by atoms with Crippen molar-refractivity contribution >= 4 is 0 Å². The first-order valence-electron chi connectivity index (χ1n) is 5.68. The molecule has 1 aliphatic carbocycles. The number of hydrogen-bond donors (Lipinski definition) is 1. The largest absolute Gasteiger partial charge is 0.313 e. The lowest BCUT2D eigenvalue weighted by atomic mass is 9.88. The third kappa shape index (κ3) is 1.59. The van der Waals surface area contributed by atoms with Crippen molar-refractivity contribution in [3.8, 4) is 0 Å². The van der Waals surface area contributed by atoms with Crippen molar-refractivity contribution in [1.82, 2.24) is 15.1 Å². The molecule has 0 aromatic carbocycles. The molecule has 0 saturated heterocycles. The zero-order valence-corrected chi connectivity index (χ0v) is 10.4. The van der Waals surface area contributed by atoms with Crippen molar-refractivity contribution in [2.45, 2.75) is 45.1 Å². The summed E-state index contributed by atoms with van der Waals surface area (Å²) < 4.78 is 2.06. The van der Waals surface area contributed by atoms with Crippen LogP contribution in [0.3, 0.4) is 0 Å². The van der Waals surface area contributed by atoms with E-state index < -0.39 is 0 Å². The van der Waals surface area contributed by atoms with Crippen molar-refractivity contribution in [2.24, 2.45) is 7.05 Å². The molecule has 3 nitrogen and oxygen atoms in total. The second-order valence-electron chi connectivity index (χ2n) is 5.46. The molecular formula is C12H21N3.